The molecule has 2 aromatic rings. The van der Waals surface area contributed by atoms with E-state index >= 15 is 0 Å². The van der Waals surface area contributed by atoms with E-state index in [-0.39, 0.29) is 0 Å². The van der Waals surface area contributed by atoms with Crippen LogP contribution in [0.4, 0.5) is 0 Å². The van der Waals surface area contributed by atoms with E-state index in [1.807, 2.05) is 11.8 Å². The lowest BCUT2D eigenvalue weighted by atomic mass is 10.1. The van der Waals surface area contributed by atoms with Gasteiger partial charge < -0.3 is 4.74 Å². The molecule has 2 heteroatoms. The Morgan fingerprint density at radius 2 is 1.28 bits per heavy atom. The smallest absolute Gasteiger partial charge is 0.119 e. The molecule has 136 valence electrons. The predicted molar refractivity (Wildman–Crippen MR) is 112 cm³/mol. The number of thioether (sulfide) groups is 1. The normalized spacial score (nSPS) is 10.8. The summed E-state index contributed by atoms with van der Waals surface area (Å²) in [5.41, 5.74) is 2.52. The highest BCUT2D eigenvalue weighted by atomic mass is 32.2. The van der Waals surface area contributed by atoms with Gasteiger partial charge in [-0.15, -0.1) is 11.8 Å². The van der Waals surface area contributed by atoms with E-state index in [1.54, 1.807) is 0 Å². The lowest BCUT2D eigenvalue weighted by Crippen LogP contribution is -1.96. The van der Waals surface area contributed by atoms with Gasteiger partial charge in [0.15, 0.2) is 0 Å². The first-order valence-corrected chi connectivity index (χ1v) is 10.8. The van der Waals surface area contributed by atoms with Gasteiger partial charge in [-0.3, -0.25) is 0 Å². The zero-order valence-electron chi connectivity index (χ0n) is 15.8. The van der Waals surface area contributed by atoms with Crippen molar-refractivity contribution in [3.05, 3.63) is 48.5 Å². The van der Waals surface area contributed by atoms with E-state index in [0.29, 0.717) is 0 Å². The lowest BCUT2D eigenvalue weighted by Gasteiger charge is -2.08. The van der Waals surface area contributed by atoms with Gasteiger partial charge in [0.2, 0.25) is 0 Å². The van der Waals surface area contributed by atoms with E-state index in [2.05, 4.69) is 62.4 Å². The van der Waals surface area contributed by atoms with Crippen LogP contribution < -0.4 is 4.74 Å². The maximum atomic E-state index is 5.79. The lowest BCUT2D eigenvalue weighted by molar-refractivity contribution is 0.306. The van der Waals surface area contributed by atoms with E-state index in [1.165, 1.54) is 60.3 Å². The highest BCUT2D eigenvalue weighted by Gasteiger charge is 2.00. The van der Waals surface area contributed by atoms with Gasteiger partial charge in [-0.1, -0.05) is 70.2 Å². The molecule has 0 aliphatic carbocycles. The van der Waals surface area contributed by atoms with E-state index in [4.69, 9.17) is 4.74 Å². The fourth-order valence-corrected chi connectivity index (χ4v) is 3.66. The average molecular weight is 357 g/mol. The van der Waals surface area contributed by atoms with Crippen LogP contribution in [-0.2, 0) is 0 Å². The van der Waals surface area contributed by atoms with E-state index in [0.717, 1.165) is 18.8 Å². The second-order valence-electron chi connectivity index (χ2n) is 6.51. The topological polar surface area (TPSA) is 9.23 Å². The minimum atomic E-state index is 0.817. The third-order valence-corrected chi connectivity index (χ3v) is 5.42. The summed E-state index contributed by atoms with van der Waals surface area (Å²) in [6.07, 6.45) is 8.94. The maximum absolute atomic E-state index is 5.79. The summed E-state index contributed by atoms with van der Waals surface area (Å²) in [5.74, 6) is 2.20. The highest BCUT2D eigenvalue weighted by molar-refractivity contribution is 7.99. The molecule has 0 saturated heterocycles. The molecule has 0 fully saturated rings. The third-order valence-electron chi connectivity index (χ3n) is 4.33. The molecule has 0 bridgehead atoms. The molecule has 2 rings (SSSR count). The van der Waals surface area contributed by atoms with Crippen molar-refractivity contribution in [1.82, 2.24) is 0 Å². The Bertz CT molecular complexity index is 574. The predicted octanol–water partition coefficient (Wildman–Crippen LogP) is 7.60. The molecule has 0 atom stereocenters. The molecule has 0 N–H and O–H groups in total. The quantitative estimate of drug-likeness (QED) is 0.286. The molecule has 0 heterocycles. The second-order valence-corrected chi connectivity index (χ2v) is 7.68. The summed E-state index contributed by atoms with van der Waals surface area (Å²) in [6.45, 7) is 5.29. The zero-order valence-corrected chi connectivity index (χ0v) is 16.6. The van der Waals surface area contributed by atoms with Crippen molar-refractivity contribution in [3.8, 4) is 16.9 Å². The van der Waals surface area contributed by atoms with Crippen LogP contribution in [0.5, 0.6) is 5.75 Å². The molecule has 1 nitrogen and oxygen atoms in total. The summed E-state index contributed by atoms with van der Waals surface area (Å²) in [4.78, 5) is 1.37. The number of ether oxygens (including phenoxy) is 1. The largest absolute Gasteiger partial charge is 0.494 e. The Morgan fingerprint density at radius 1 is 0.680 bits per heavy atom. The molecule has 25 heavy (non-hydrogen) atoms. The van der Waals surface area contributed by atoms with Crippen molar-refractivity contribution in [1.29, 1.82) is 0 Å². The first-order chi connectivity index (χ1) is 12.3. The SMILES string of the molecule is CCCCCCSc1ccc(-c2ccc(OCCCCC)cc2)cc1. The monoisotopic (exact) mass is 356 g/mol. The molecule has 0 saturated carbocycles. The van der Waals surface area contributed by atoms with Gasteiger partial charge in [0.1, 0.15) is 5.75 Å². The van der Waals surface area contributed by atoms with Crippen molar-refractivity contribution in [2.45, 2.75) is 63.7 Å². The molecule has 0 unspecified atom stereocenters. The Balaban J connectivity index is 1.80. The number of hydrogen-bond acceptors (Lipinski definition) is 2. The zero-order chi connectivity index (χ0) is 17.7. The van der Waals surface area contributed by atoms with Crippen molar-refractivity contribution < 1.29 is 4.74 Å². The van der Waals surface area contributed by atoms with Crippen LogP contribution >= 0.6 is 11.8 Å². The van der Waals surface area contributed by atoms with Crippen LogP contribution in [-0.4, -0.2) is 12.4 Å². The van der Waals surface area contributed by atoms with E-state index in [9.17, 15) is 0 Å². The van der Waals surface area contributed by atoms with Crippen LogP contribution in [0.3, 0.4) is 0 Å². The molecule has 0 amide bonds. The Morgan fingerprint density at radius 3 is 1.92 bits per heavy atom. The standard InChI is InChI=1S/C23H32OS/c1-3-5-7-9-19-25-23-16-12-21(13-17-23)20-10-14-22(15-11-20)24-18-8-6-4-2/h10-17H,3-9,18-19H2,1-2H3. The molecular formula is C23H32OS. The van der Waals surface area contributed by atoms with Gasteiger partial charge in [-0.2, -0.15) is 0 Å². The summed E-state index contributed by atoms with van der Waals surface area (Å²) < 4.78 is 5.79. The van der Waals surface area contributed by atoms with Crippen molar-refractivity contribution >= 4 is 11.8 Å². The van der Waals surface area contributed by atoms with Gasteiger partial charge >= 0.3 is 0 Å². The molecule has 2 aromatic carbocycles. The van der Waals surface area contributed by atoms with Crippen LogP contribution in [0.2, 0.25) is 0 Å². The molecule has 0 aliphatic heterocycles. The fourth-order valence-electron chi connectivity index (χ4n) is 2.75. The highest BCUT2D eigenvalue weighted by Crippen LogP contribution is 2.26. The molecular weight excluding hydrogens is 324 g/mol. The number of hydrogen-bond donors (Lipinski definition) is 0. The average Bonchev–Trinajstić information content (AvgIpc) is 2.66. The van der Waals surface area contributed by atoms with Gasteiger partial charge in [-0.05, 0) is 54.0 Å². The molecule has 0 radical (unpaired) electrons. The van der Waals surface area contributed by atoms with Crippen molar-refractivity contribution in [2.75, 3.05) is 12.4 Å². The summed E-state index contributed by atoms with van der Waals surface area (Å²) >= 11 is 1.97. The van der Waals surface area contributed by atoms with Gasteiger partial charge in [0, 0.05) is 4.90 Å². The van der Waals surface area contributed by atoms with Crippen molar-refractivity contribution in [3.63, 3.8) is 0 Å². The van der Waals surface area contributed by atoms with Crippen LogP contribution in [0.25, 0.3) is 11.1 Å². The minimum Gasteiger partial charge on any atom is -0.494 e. The summed E-state index contributed by atoms with van der Waals surface area (Å²) in [7, 11) is 0. The summed E-state index contributed by atoms with van der Waals surface area (Å²) in [6, 6.07) is 17.4. The van der Waals surface area contributed by atoms with Crippen LogP contribution in [0.15, 0.2) is 53.4 Å². The first kappa shape index (κ1) is 19.9. The molecule has 0 spiro atoms. The minimum absolute atomic E-state index is 0.817. The fraction of sp³-hybridized carbons (Fsp3) is 0.478. The van der Waals surface area contributed by atoms with Gasteiger partial charge in [-0.25, -0.2) is 0 Å². The van der Waals surface area contributed by atoms with E-state index < -0.39 is 0 Å². The number of rotatable bonds is 12. The molecule has 0 aliphatic rings. The third kappa shape index (κ3) is 7.56. The van der Waals surface area contributed by atoms with Gasteiger partial charge in [0.05, 0.1) is 6.61 Å². The Hall–Kier alpha value is -1.41. The first-order valence-electron chi connectivity index (χ1n) is 9.79. The second kappa shape index (κ2) is 12.0. The Labute approximate surface area is 158 Å². The number of benzene rings is 2. The maximum Gasteiger partial charge on any atom is 0.119 e. The van der Waals surface area contributed by atoms with Crippen LogP contribution in [0.1, 0.15) is 58.8 Å². The summed E-state index contributed by atoms with van der Waals surface area (Å²) in [5, 5.41) is 0. The van der Waals surface area contributed by atoms with Gasteiger partial charge in [0.25, 0.3) is 0 Å². The van der Waals surface area contributed by atoms with Crippen molar-refractivity contribution in [2.24, 2.45) is 0 Å². The number of unbranched alkanes of at least 4 members (excludes halogenated alkanes) is 5. The Kier molecular flexibility index (Phi) is 9.58. The molecule has 0 aromatic heterocycles. The van der Waals surface area contributed by atoms with Crippen LogP contribution in [0, 0.1) is 0 Å².